The minimum absolute atomic E-state index is 0.0828. The minimum Gasteiger partial charge on any atom is -0.497 e. The summed E-state index contributed by atoms with van der Waals surface area (Å²) in [6, 6.07) is 7.57. The van der Waals surface area contributed by atoms with Crippen molar-refractivity contribution >= 4 is 11.7 Å². The highest BCUT2D eigenvalue weighted by atomic mass is 16.5. The number of benzene rings is 1. The molecular weight excluding hydrogens is 218 g/mol. The third-order valence-corrected chi connectivity index (χ3v) is 2.49. The molecule has 1 aliphatic heterocycles. The van der Waals surface area contributed by atoms with E-state index in [2.05, 4.69) is 5.32 Å². The molecule has 1 aliphatic rings. The first-order valence-corrected chi connectivity index (χ1v) is 5.49. The van der Waals surface area contributed by atoms with Gasteiger partial charge < -0.3 is 14.8 Å². The fraction of sp³-hybridized carbons (Fsp3) is 0.308. The summed E-state index contributed by atoms with van der Waals surface area (Å²) < 4.78 is 10.2. The molecule has 0 spiro atoms. The lowest BCUT2D eigenvalue weighted by atomic mass is 10.1. The number of hydrogen-bond acceptors (Lipinski definition) is 4. The first-order chi connectivity index (χ1) is 8.17. The van der Waals surface area contributed by atoms with Crippen molar-refractivity contribution in [3.8, 4) is 5.75 Å². The van der Waals surface area contributed by atoms with Crippen LogP contribution >= 0.6 is 0 Å². The van der Waals surface area contributed by atoms with Crippen molar-refractivity contribution in [2.24, 2.45) is 0 Å². The van der Waals surface area contributed by atoms with Crippen molar-refractivity contribution in [3.05, 3.63) is 36.0 Å². The molecule has 90 valence electrons. The van der Waals surface area contributed by atoms with Crippen LogP contribution in [0.5, 0.6) is 5.75 Å². The number of rotatable bonds is 3. The summed E-state index contributed by atoms with van der Waals surface area (Å²) in [4.78, 5) is 11.2. The summed E-state index contributed by atoms with van der Waals surface area (Å²) in [6.07, 6.45) is 2.10. The first-order valence-electron chi connectivity index (χ1n) is 5.49. The van der Waals surface area contributed by atoms with Gasteiger partial charge in [0.25, 0.3) is 0 Å². The standard InChI is InChI=1S/C13H15NO3/c1-9-6-11(8-13(15)17-9)14-10-4-3-5-12(7-10)16-2/h3-5,7-9,14H,6H2,1-2H3/t9-/m0/s1. The van der Waals surface area contributed by atoms with Crippen LogP contribution in [0.1, 0.15) is 13.3 Å². The van der Waals surface area contributed by atoms with Crippen molar-refractivity contribution in [1.82, 2.24) is 0 Å². The van der Waals surface area contributed by atoms with E-state index in [1.807, 2.05) is 31.2 Å². The van der Waals surface area contributed by atoms with E-state index in [4.69, 9.17) is 9.47 Å². The van der Waals surface area contributed by atoms with Crippen molar-refractivity contribution in [1.29, 1.82) is 0 Å². The van der Waals surface area contributed by atoms with Crippen LogP contribution in [0.25, 0.3) is 0 Å². The number of ether oxygens (including phenoxy) is 2. The third-order valence-electron chi connectivity index (χ3n) is 2.49. The van der Waals surface area contributed by atoms with Crippen LogP contribution in [-0.2, 0) is 9.53 Å². The molecule has 0 saturated heterocycles. The monoisotopic (exact) mass is 233 g/mol. The molecule has 4 nitrogen and oxygen atoms in total. The molecule has 17 heavy (non-hydrogen) atoms. The Labute approximate surface area is 100 Å². The Morgan fingerprint density at radius 1 is 1.47 bits per heavy atom. The Balaban J connectivity index is 2.12. The quantitative estimate of drug-likeness (QED) is 0.814. The number of anilines is 1. The number of methoxy groups -OCH3 is 1. The zero-order valence-electron chi connectivity index (χ0n) is 9.90. The summed E-state index contributed by atoms with van der Waals surface area (Å²) in [5, 5.41) is 3.20. The number of nitrogens with one attached hydrogen (secondary N) is 1. The second-order valence-electron chi connectivity index (χ2n) is 3.98. The summed E-state index contributed by atoms with van der Waals surface area (Å²) in [7, 11) is 1.62. The molecule has 2 rings (SSSR count). The van der Waals surface area contributed by atoms with Crippen molar-refractivity contribution < 1.29 is 14.3 Å². The fourth-order valence-corrected chi connectivity index (χ4v) is 1.76. The highest BCUT2D eigenvalue weighted by Crippen LogP contribution is 2.21. The largest absolute Gasteiger partial charge is 0.497 e. The second-order valence-corrected chi connectivity index (χ2v) is 3.98. The molecule has 0 unspecified atom stereocenters. The molecule has 1 atom stereocenters. The van der Waals surface area contributed by atoms with Gasteiger partial charge in [0, 0.05) is 29.9 Å². The Kier molecular flexibility index (Phi) is 3.32. The first kappa shape index (κ1) is 11.5. The lowest BCUT2D eigenvalue weighted by molar-refractivity contribution is -0.143. The van der Waals surface area contributed by atoms with Gasteiger partial charge in [-0.15, -0.1) is 0 Å². The third kappa shape index (κ3) is 3.00. The molecule has 0 amide bonds. The molecule has 0 bridgehead atoms. The van der Waals surface area contributed by atoms with E-state index < -0.39 is 0 Å². The van der Waals surface area contributed by atoms with Crippen molar-refractivity contribution in [3.63, 3.8) is 0 Å². The van der Waals surface area contributed by atoms with Gasteiger partial charge in [-0.05, 0) is 19.1 Å². The molecule has 1 aromatic carbocycles. The summed E-state index contributed by atoms with van der Waals surface area (Å²) in [6.45, 7) is 1.87. The van der Waals surface area contributed by atoms with E-state index in [-0.39, 0.29) is 12.1 Å². The lowest BCUT2D eigenvalue weighted by Crippen LogP contribution is -2.22. The van der Waals surface area contributed by atoms with E-state index in [1.54, 1.807) is 7.11 Å². The molecule has 0 aliphatic carbocycles. The maximum absolute atomic E-state index is 11.2. The number of hydrogen-bond donors (Lipinski definition) is 1. The van der Waals surface area contributed by atoms with Gasteiger partial charge in [0.1, 0.15) is 11.9 Å². The zero-order valence-corrected chi connectivity index (χ0v) is 9.90. The molecular formula is C13H15NO3. The molecule has 0 fully saturated rings. The molecule has 1 heterocycles. The molecule has 0 radical (unpaired) electrons. The zero-order chi connectivity index (χ0) is 12.3. The predicted octanol–water partition coefficient (Wildman–Crippen LogP) is 2.33. The predicted molar refractivity (Wildman–Crippen MR) is 64.9 cm³/mol. The number of carbonyl (C=O) groups excluding carboxylic acids is 1. The van der Waals surface area contributed by atoms with Gasteiger partial charge in [0.15, 0.2) is 0 Å². The van der Waals surface area contributed by atoms with Gasteiger partial charge in [-0.1, -0.05) is 6.07 Å². The summed E-state index contributed by atoms with van der Waals surface area (Å²) >= 11 is 0. The van der Waals surface area contributed by atoms with Gasteiger partial charge in [-0.3, -0.25) is 0 Å². The molecule has 1 aromatic rings. The Morgan fingerprint density at radius 2 is 2.29 bits per heavy atom. The summed E-state index contributed by atoms with van der Waals surface area (Å²) in [5.74, 6) is 0.483. The van der Waals surface area contributed by atoms with Crippen LogP contribution in [0, 0.1) is 0 Å². The fourth-order valence-electron chi connectivity index (χ4n) is 1.76. The van der Waals surface area contributed by atoms with E-state index in [0.717, 1.165) is 17.1 Å². The number of cyclic esters (lactones) is 1. The molecule has 0 aromatic heterocycles. The van der Waals surface area contributed by atoms with Crippen LogP contribution in [0.2, 0.25) is 0 Å². The topological polar surface area (TPSA) is 47.6 Å². The maximum Gasteiger partial charge on any atom is 0.332 e. The average Bonchev–Trinajstić information content (AvgIpc) is 2.28. The van der Waals surface area contributed by atoms with E-state index in [0.29, 0.717) is 6.42 Å². The Bertz CT molecular complexity index is 454. The minimum atomic E-state index is -0.297. The molecule has 4 heteroatoms. The highest BCUT2D eigenvalue weighted by molar-refractivity contribution is 5.84. The summed E-state index contributed by atoms with van der Waals surface area (Å²) in [5.41, 5.74) is 1.76. The normalized spacial score (nSPS) is 19.3. The van der Waals surface area contributed by atoms with Crippen LogP contribution in [0.15, 0.2) is 36.0 Å². The molecule has 0 saturated carbocycles. The van der Waals surface area contributed by atoms with Crippen LogP contribution < -0.4 is 10.1 Å². The van der Waals surface area contributed by atoms with Crippen molar-refractivity contribution in [2.75, 3.05) is 12.4 Å². The SMILES string of the molecule is COc1cccc(NC2=CC(=O)O[C@@H](C)C2)c1. The average molecular weight is 233 g/mol. The van der Waals surface area contributed by atoms with E-state index in [9.17, 15) is 4.79 Å². The van der Waals surface area contributed by atoms with Gasteiger partial charge in [0.2, 0.25) is 0 Å². The van der Waals surface area contributed by atoms with E-state index >= 15 is 0 Å². The lowest BCUT2D eigenvalue weighted by Gasteiger charge is -2.20. The second kappa shape index (κ2) is 4.91. The Hall–Kier alpha value is -1.97. The van der Waals surface area contributed by atoms with Gasteiger partial charge in [0.05, 0.1) is 7.11 Å². The highest BCUT2D eigenvalue weighted by Gasteiger charge is 2.17. The number of esters is 1. The van der Waals surface area contributed by atoms with Gasteiger partial charge >= 0.3 is 5.97 Å². The van der Waals surface area contributed by atoms with Gasteiger partial charge in [-0.2, -0.15) is 0 Å². The van der Waals surface area contributed by atoms with Crippen molar-refractivity contribution in [2.45, 2.75) is 19.4 Å². The Morgan fingerprint density at radius 3 is 3.00 bits per heavy atom. The van der Waals surface area contributed by atoms with Gasteiger partial charge in [-0.25, -0.2) is 4.79 Å². The molecule has 1 N–H and O–H groups in total. The smallest absolute Gasteiger partial charge is 0.332 e. The van der Waals surface area contributed by atoms with E-state index in [1.165, 1.54) is 6.08 Å². The maximum atomic E-state index is 11.2. The van der Waals surface area contributed by atoms with Crippen LogP contribution in [0.4, 0.5) is 5.69 Å². The number of carbonyl (C=O) groups is 1. The van der Waals surface area contributed by atoms with Crippen LogP contribution in [-0.4, -0.2) is 19.2 Å². The van der Waals surface area contributed by atoms with Crippen LogP contribution in [0.3, 0.4) is 0 Å².